The molecule has 0 spiro atoms. The number of carbonyl (C=O) groups is 1. The van der Waals surface area contributed by atoms with Gasteiger partial charge in [-0.1, -0.05) is 17.7 Å². The van der Waals surface area contributed by atoms with Crippen LogP contribution in [0.2, 0.25) is 5.02 Å². The van der Waals surface area contributed by atoms with Crippen molar-refractivity contribution in [2.24, 2.45) is 0 Å². The van der Waals surface area contributed by atoms with E-state index in [0.29, 0.717) is 16.7 Å². The molecule has 0 saturated carbocycles. The number of carbonyl (C=O) groups excluding carboxylic acids is 1. The molecular formula is C25H17ClO8. The van der Waals surface area contributed by atoms with Crippen molar-refractivity contribution in [1.82, 2.24) is 0 Å². The highest BCUT2D eigenvalue weighted by atomic mass is 35.5. The lowest BCUT2D eigenvalue weighted by Crippen LogP contribution is -2.22. The second-order valence-corrected chi connectivity index (χ2v) is 8.22. The van der Waals surface area contributed by atoms with E-state index in [4.69, 9.17) is 25.5 Å². The monoisotopic (exact) mass is 480 g/mol. The lowest BCUT2D eigenvalue weighted by atomic mass is 9.85. The summed E-state index contributed by atoms with van der Waals surface area (Å²) in [6.07, 6.45) is -0.0781. The third-order valence-electron chi connectivity index (χ3n) is 5.76. The minimum absolute atomic E-state index is 0.0366. The van der Waals surface area contributed by atoms with Crippen LogP contribution in [0.5, 0.6) is 28.7 Å². The summed E-state index contributed by atoms with van der Waals surface area (Å²) in [4.78, 5) is 25.4. The van der Waals surface area contributed by atoms with Gasteiger partial charge in [-0.25, -0.2) is 0 Å². The van der Waals surface area contributed by atoms with E-state index >= 15 is 0 Å². The Bertz CT molecular complexity index is 1540. The van der Waals surface area contributed by atoms with Gasteiger partial charge in [0.2, 0.25) is 0 Å². The van der Waals surface area contributed by atoms with Crippen molar-refractivity contribution in [3.8, 4) is 40.1 Å². The molecule has 5 rings (SSSR count). The standard InChI is InChI=1S/C25H17ClO8/c1-32-19-5-3-12(7-16(19)28)20-9-17(29)24-18(30)10-21-23(25(24)34-20)13(8-22(31)33-21)11-2-4-15(27)14(26)6-11/h2-7,9-10,13,27-28,30H,8H2,1H3. The third kappa shape index (κ3) is 3.48. The van der Waals surface area contributed by atoms with Crippen LogP contribution in [0.15, 0.2) is 57.7 Å². The maximum Gasteiger partial charge on any atom is 0.312 e. The summed E-state index contributed by atoms with van der Waals surface area (Å²) in [5, 5.41) is 30.5. The van der Waals surface area contributed by atoms with Gasteiger partial charge < -0.3 is 29.2 Å². The molecule has 3 aromatic carbocycles. The largest absolute Gasteiger partial charge is 0.507 e. The quantitative estimate of drug-likeness (QED) is 0.285. The van der Waals surface area contributed by atoms with Crippen LogP contribution in [-0.4, -0.2) is 28.4 Å². The van der Waals surface area contributed by atoms with Crippen LogP contribution in [0.4, 0.5) is 0 Å². The first kappa shape index (κ1) is 21.7. The van der Waals surface area contributed by atoms with Gasteiger partial charge in [-0.15, -0.1) is 0 Å². The number of hydrogen-bond acceptors (Lipinski definition) is 8. The van der Waals surface area contributed by atoms with E-state index in [1.54, 1.807) is 12.1 Å². The van der Waals surface area contributed by atoms with Crippen molar-refractivity contribution in [3.63, 3.8) is 0 Å². The van der Waals surface area contributed by atoms with E-state index in [0.717, 1.165) is 0 Å². The van der Waals surface area contributed by atoms with Gasteiger partial charge in [-0.3, -0.25) is 9.59 Å². The molecule has 2 heterocycles. The summed E-state index contributed by atoms with van der Waals surface area (Å²) in [6.45, 7) is 0. The molecule has 0 fully saturated rings. The number of ether oxygens (including phenoxy) is 2. The van der Waals surface area contributed by atoms with E-state index in [2.05, 4.69) is 0 Å². The fourth-order valence-corrected chi connectivity index (χ4v) is 4.36. The zero-order valence-electron chi connectivity index (χ0n) is 17.7. The molecule has 0 amide bonds. The number of rotatable bonds is 3. The van der Waals surface area contributed by atoms with Gasteiger partial charge in [-0.05, 0) is 35.9 Å². The first-order valence-electron chi connectivity index (χ1n) is 10.2. The average Bonchev–Trinajstić information content (AvgIpc) is 2.79. The average molecular weight is 481 g/mol. The molecule has 0 saturated heterocycles. The van der Waals surface area contributed by atoms with Crippen LogP contribution in [0.1, 0.15) is 23.5 Å². The molecule has 1 aromatic heterocycles. The van der Waals surface area contributed by atoms with E-state index in [-0.39, 0.29) is 51.2 Å². The molecule has 0 aliphatic carbocycles. The number of fused-ring (bicyclic) bond motifs is 3. The topological polar surface area (TPSA) is 126 Å². The Kier molecular flexibility index (Phi) is 5.10. The van der Waals surface area contributed by atoms with Gasteiger partial charge in [0.1, 0.15) is 34.0 Å². The summed E-state index contributed by atoms with van der Waals surface area (Å²) >= 11 is 6.10. The molecule has 0 radical (unpaired) electrons. The Morgan fingerprint density at radius 3 is 2.47 bits per heavy atom. The molecule has 4 aromatic rings. The summed E-state index contributed by atoms with van der Waals surface area (Å²) < 4.78 is 16.5. The molecule has 3 N–H and O–H groups in total. The van der Waals surface area contributed by atoms with E-state index < -0.39 is 23.1 Å². The third-order valence-corrected chi connectivity index (χ3v) is 6.06. The molecule has 1 unspecified atom stereocenters. The predicted molar refractivity (Wildman–Crippen MR) is 123 cm³/mol. The van der Waals surface area contributed by atoms with Gasteiger partial charge >= 0.3 is 5.97 Å². The van der Waals surface area contributed by atoms with Crippen LogP contribution >= 0.6 is 11.6 Å². The predicted octanol–water partition coefficient (Wildman–Crippen LogP) is 4.68. The normalized spacial score (nSPS) is 15.1. The zero-order valence-corrected chi connectivity index (χ0v) is 18.4. The number of hydrogen-bond donors (Lipinski definition) is 3. The van der Waals surface area contributed by atoms with Crippen molar-refractivity contribution < 1.29 is 34.0 Å². The van der Waals surface area contributed by atoms with Crippen molar-refractivity contribution >= 4 is 28.5 Å². The fourth-order valence-electron chi connectivity index (χ4n) is 4.17. The molecule has 34 heavy (non-hydrogen) atoms. The van der Waals surface area contributed by atoms with Crippen LogP contribution < -0.4 is 14.9 Å². The van der Waals surface area contributed by atoms with Crippen LogP contribution in [0, 0.1) is 0 Å². The first-order valence-corrected chi connectivity index (χ1v) is 10.5. The second-order valence-electron chi connectivity index (χ2n) is 7.81. The van der Waals surface area contributed by atoms with Crippen LogP contribution in [0.25, 0.3) is 22.3 Å². The molecule has 1 atom stereocenters. The number of aromatic hydroxyl groups is 3. The number of benzene rings is 3. The maximum absolute atomic E-state index is 13.0. The highest BCUT2D eigenvalue weighted by Gasteiger charge is 2.34. The molecule has 0 bridgehead atoms. The van der Waals surface area contributed by atoms with Gasteiger partial charge in [0, 0.05) is 29.2 Å². The first-order chi connectivity index (χ1) is 16.3. The van der Waals surface area contributed by atoms with Crippen molar-refractivity contribution in [2.45, 2.75) is 12.3 Å². The van der Waals surface area contributed by atoms with Crippen molar-refractivity contribution in [1.29, 1.82) is 0 Å². The Balaban J connectivity index is 1.79. The minimum Gasteiger partial charge on any atom is -0.507 e. The Labute approximate surface area is 197 Å². The summed E-state index contributed by atoms with van der Waals surface area (Å²) in [7, 11) is 1.41. The molecule has 1 aliphatic rings. The summed E-state index contributed by atoms with van der Waals surface area (Å²) in [5.41, 5.74) is 0.876. The number of phenolic OH excluding ortho intramolecular Hbond substituents is 3. The fraction of sp³-hybridized carbons (Fsp3) is 0.120. The van der Waals surface area contributed by atoms with Crippen molar-refractivity contribution in [2.75, 3.05) is 7.11 Å². The number of methoxy groups -OCH3 is 1. The van der Waals surface area contributed by atoms with Crippen LogP contribution in [0.3, 0.4) is 0 Å². The Morgan fingerprint density at radius 1 is 0.971 bits per heavy atom. The minimum atomic E-state index is -0.625. The van der Waals surface area contributed by atoms with Gasteiger partial charge in [0.15, 0.2) is 16.9 Å². The van der Waals surface area contributed by atoms with Gasteiger partial charge in [0.05, 0.1) is 18.6 Å². The number of halogens is 1. The van der Waals surface area contributed by atoms with E-state index in [9.17, 15) is 24.9 Å². The SMILES string of the molecule is COc1ccc(-c2cc(=O)c3c(O)cc4c(c3o2)C(c2ccc(O)c(Cl)c2)CC(=O)O4)cc1O. The van der Waals surface area contributed by atoms with Gasteiger partial charge in [-0.2, -0.15) is 0 Å². The zero-order chi connectivity index (χ0) is 24.1. The van der Waals surface area contributed by atoms with Gasteiger partial charge in [0.25, 0.3) is 0 Å². The number of phenols is 3. The second kappa shape index (κ2) is 8.00. The Hall–Kier alpha value is -4.17. The highest BCUT2D eigenvalue weighted by molar-refractivity contribution is 6.32. The molecule has 8 nitrogen and oxygen atoms in total. The summed E-state index contributed by atoms with van der Waals surface area (Å²) in [6, 6.07) is 11.5. The maximum atomic E-state index is 13.0. The smallest absolute Gasteiger partial charge is 0.312 e. The number of esters is 1. The van der Waals surface area contributed by atoms with E-state index in [1.807, 2.05) is 0 Å². The summed E-state index contributed by atoms with van der Waals surface area (Å²) in [5.74, 6) is -1.41. The van der Waals surface area contributed by atoms with Crippen molar-refractivity contribution in [3.05, 3.63) is 74.9 Å². The molecule has 9 heteroatoms. The van der Waals surface area contributed by atoms with E-state index in [1.165, 1.54) is 43.5 Å². The highest BCUT2D eigenvalue weighted by Crippen LogP contribution is 2.47. The lowest BCUT2D eigenvalue weighted by Gasteiger charge is -2.26. The molecule has 172 valence electrons. The molecule has 1 aliphatic heterocycles. The lowest BCUT2D eigenvalue weighted by molar-refractivity contribution is -0.135. The Morgan fingerprint density at radius 2 is 1.76 bits per heavy atom. The molecular weight excluding hydrogens is 464 g/mol. The van der Waals surface area contributed by atoms with Crippen LogP contribution in [-0.2, 0) is 4.79 Å².